The van der Waals surface area contributed by atoms with Gasteiger partial charge in [-0.15, -0.1) is 0 Å². The molecule has 0 bridgehead atoms. The lowest BCUT2D eigenvalue weighted by Crippen LogP contribution is -2.37. The molecule has 6 heteroatoms. The maximum atomic E-state index is 12.5. The first-order valence-corrected chi connectivity index (χ1v) is 9.04. The molecule has 0 fully saturated rings. The van der Waals surface area contributed by atoms with Crippen LogP contribution in [-0.2, 0) is 9.53 Å². The number of likely N-dealkylation sites (N-methyl/N-ethyl adjacent to an activating group) is 1. The number of benzene rings is 2. The van der Waals surface area contributed by atoms with Gasteiger partial charge in [-0.2, -0.15) is 5.10 Å². The van der Waals surface area contributed by atoms with Gasteiger partial charge in [0.05, 0.1) is 16.9 Å². The van der Waals surface area contributed by atoms with Crippen LogP contribution >= 0.6 is 0 Å². The fraction of sp³-hybridized carbons (Fsp3) is 0.227. The Bertz CT molecular complexity index is 978. The van der Waals surface area contributed by atoms with Crippen LogP contribution in [0.2, 0.25) is 0 Å². The second kappa shape index (κ2) is 8.08. The third-order valence-electron chi connectivity index (χ3n) is 4.46. The van der Waals surface area contributed by atoms with Crippen LogP contribution in [-0.4, -0.2) is 34.8 Å². The van der Waals surface area contributed by atoms with Gasteiger partial charge in [-0.05, 0) is 63.2 Å². The molecule has 1 amide bonds. The van der Waals surface area contributed by atoms with Crippen LogP contribution in [0, 0.1) is 13.8 Å². The number of anilines is 1. The molecule has 3 aromatic rings. The van der Waals surface area contributed by atoms with E-state index in [1.54, 1.807) is 38.2 Å². The van der Waals surface area contributed by atoms with Crippen LogP contribution in [0.5, 0.6) is 0 Å². The first-order valence-electron chi connectivity index (χ1n) is 9.04. The second-order valence-corrected chi connectivity index (χ2v) is 6.67. The lowest BCUT2D eigenvalue weighted by atomic mass is 10.2. The van der Waals surface area contributed by atoms with E-state index in [0.29, 0.717) is 5.56 Å². The number of aryl methyl sites for hydroxylation is 2. The minimum absolute atomic E-state index is 0.293. The number of amides is 1. The Morgan fingerprint density at radius 1 is 1.04 bits per heavy atom. The van der Waals surface area contributed by atoms with Crippen LogP contribution in [0.3, 0.4) is 0 Å². The fourth-order valence-corrected chi connectivity index (χ4v) is 2.96. The molecule has 3 rings (SSSR count). The van der Waals surface area contributed by atoms with Gasteiger partial charge in [-0.3, -0.25) is 4.79 Å². The molecule has 6 nitrogen and oxygen atoms in total. The largest absolute Gasteiger partial charge is 0.449 e. The molecule has 2 aromatic carbocycles. The topological polar surface area (TPSA) is 64.4 Å². The zero-order valence-electron chi connectivity index (χ0n) is 16.4. The van der Waals surface area contributed by atoms with Crippen LogP contribution in [0.4, 0.5) is 5.69 Å². The quantitative estimate of drug-likeness (QED) is 0.636. The molecule has 0 aliphatic heterocycles. The van der Waals surface area contributed by atoms with Crippen molar-refractivity contribution in [3.8, 4) is 5.69 Å². The van der Waals surface area contributed by atoms with E-state index in [2.05, 4.69) is 5.10 Å². The maximum absolute atomic E-state index is 12.5. The Hall–Kier alpha value is -3.41. The second-order valence-electron chi connectivity index (χ2n) is 6.67. The Labute approximate surface area is 164 Å². The van der Waals surface area contributed by atoms with Gasteiger partial charge in [-0.25, -0.2) is 9.48 Å². The summed E-state index contributed by atoms with van der Waals surface area (Å²) in [6.45, 7) is 5.47. The number of hydrogen-bond donors (Lipinski definition) is 0. The van der Waals surface area contributed by atoms with Crippen LogP contribution in [0.25, 0.3) is 5.69 Å². The van der Waals surface area contributed by atoms with E-state index in [-0.39, 0.29) is 5.91 Å². The van der Waals surface area contributed by atoms with Crippen molar-refractivity contribution >= 4 is 17.6 Å². The highest BCUT2D eigenvalue weighted by atomic mass is 16.5. The molecule has 144 valence electrons. The summed E-state index contributed by atoms with van der Waals surface area (Å²) in [7, 11) is 1.66. The van der Waals surface area contributed by atoms with Gasteiger partial charge in [0.2, 0.25) is 0 Å². The summed E-state index contributed by atoms with van der Waals surface area (Å²) in [6.07, 6.45) is -0.895. The normalized spacial score (nSPS) is 11.7. The third-order valence-corrected chi connectivity index (χ3v) is 4.46. The zero-order valence-corrected chi connectivity index (χ0v) is 16.4. The number of rotatable bonds is 5. The van der Waals surface area contributed by atoms with Crippen molar-refractivity contribution in [3.05, 3.63) is 77.6 Å². The van der Waals surface area contributed by atoms with E-state index < -0.39 is 12.1 Å². The fourth-order valence-electron chi connectivity index (χ4n) is 2.96. The summed E-state index contributed by atoms with van der Waals surface area (Å²) in [5, 5.41) is 4.43. The summed E-state index contributed by atoms with van der Waals surface area (Å²) >= 11 is 0. The number of para-hydroxylation sites is 1. The van der Waals surface area contributed by atoms with Crippen molar-refractivity contribution in [1.29, 1.82) is 0 Å². The number of aromatic nitrogens is 2. The Morgan fingerprint density at radius 3 is 2.25 bits per heavy atom. The zero-order chi connectivity index (χ0) is 20.3. The minimum Gasteiger partial charge on any atom is -0.449 e. The predicted molar refractivity (Wildman–Crippen MR) is 108 cm³/mol. The summed E-state index contributed by atoms with van der Waals surface area (Å²) < 4.78 is 7.17. The summed E-state index contributed by atoms with van der Waals surface area (Å²) in [5.74, 6) is -0.832. The van der Waals surface area contributed by atoms with Gasteiger partial charge in [-0.1, -0.05) is 18.2 Å². The van der Waals surface area contributed by atoms with Crippen molar-refractivity contribution in [2.24, 2.45) is 0 Å². The van der Waals surface area contributed by atoms with Gasteiger partial charge in [0.1, 0.15) is 0 Å². The molecule has 0 radical (unpaired) electrons. The minimum atomic E-state index is -0.895. The van der Waals surface area contributed by atoms with Crippen LogP contribution < -0.4 is 4.90 Å². The molecule has 28 heavy (non-hydrogen) atoms. The number of ether oxygens (including phenoxy) is 1. The van der Waals surface area contributed by atoms with Crippen molar-refractivity contribution in [3.63, 3.8) is 0 Å². The monoisotopic (exact) mass is 377 g/mol. The highest BCUT2D eigenvalue weighted by Crippen LogP contribution is 2.16. The summed E-state index contributed by atoms with van der Waals surface area (Å²) in [5.41, 5.74) is 3.92. The van der Waals surface area contributed by atoms with E-state index in [9.17, 15) is 9.59 Å². The highest BCUT2D eigenvalue weighted by Gasteiger charge is 2.23. The van der Waals surface area contributed by atoms with Crippen molar-refractivity contribution in [2.75, 3.05) is 11.9 Å². The third kappa shape index (κ3) is 4.11. The first kappa shape index (κ1) is 19.4. The molecular weight excluding hydrogens is 354 g/mol. The van der Waals surface area contributed by atoms with Crippen LogP contribution in [0.15, 0.2) is 60.7 Å². The number of hydrogen-bond acceptors (Lipinski definition) is 4. The predicted octanol–water partition coefficient (Wildman–Crippen LogP) is 3.70. The first-order chi connectivity index (χ1) is 13.4. The molecule has 0 aliphatic carbocycles. The average molecular weight is 377 g/mol. The number of esters is 1. The van der Waals surface area contributed by atoms with Gasteiger partial charge in [0.15, 0.2) is 6.10 Å². The SMILES string of the molecule is Cc1cc(C)n(-c2ccc(C(=O)OC(C)C(=O)N(C)c3ccccc3)cc2)n1. The van der Waals surface area contributed by atoms with Gasteiger partial charge in [0.25, 0.3) is 5.91 Å². The summed E-state index contributed by atoms with van der Waals surface area (Å²) in [4.78, 5) is 26.4. The highest BCUT2D eigenvalue weighted by molar-refractivity contribution is 5.98. The van der Waals surface area contributed by atoms with Crippen molar-refractivity contribution < 1.29 is 14.3 Å². The van der Waals surface area contributed by atoms with Crippen LogP contribution in [0.1, 0.15) is 28.7 Å². The Kier molecular flexibility index (Phi) is 5.59. The van der Waals surface area contributed by atoms with Gasteiger partial charge >= 0.3 is 5.97 Å². The lowest BCUT2D eigenvalue weighted by molar-refractivity contribution is -0.126. The van der Waals surface area contributed by atoms with Gasteiger partial charge < -0.3 is 9.64 Å². The molecule has 1 atom stereocenters. The smallest absolute Gasteiger partial charge is 0.338 e. The number of carbonyl (C=O) groups excluding carboxylic acids is 2. The molecule has 0 spiro atoms. The molecule has 1 heterocycles. The molecular formula is C22H23N3O3. The molecule has 0 saturated carbocycles. The van der Waals surface area contributed by atoms with E-state index in [0.717, 1.165) is 22.8 Å². The van der Waals surface area contributed by atoms with Crippen molar-refractivity contribution in [1.82, 2.24) is 9.78 Å². The van der Waals surface area contributed by atoms with E-state index in [1.165, 1.54) is 4.90 Å². The standard InChI is InChI=1S/C22H23N3O3/c1-15-14-16(2)25(23-15)20-12-10-18(11-13-20)22(27)28-17(3)21(26)24(4)19-8-6-5-7-9-19/h5-14,17H,1-4H3. The maximum Gasteiger partial charge on any atom is 0.338 e. The van der Waals surface area contributed by atoms with Crippen molar-refractivity contribution in [2.45, 2.75) is 26.9 Å². The lowest BCUT2D eigenvalue weighted by Gasteiger charge is -2.21. The molecule has 0 N–H and O–H groups in total. The molecule has 1 aromatic heterocycles. The average Bonchev–Trinajstić information content (AvgIpc) is 3.05. The number of carbonyl (C=O) groups is 2. The number of nitrogens with zero attached hydrogens (tertiary/aromatic N) is 3. The molecule has 0 aliphatic rings. The Morgan fingerprint density at radius 2 is 1.68 bits per heavy atom. The Balaban J connectivity index is 1.67. The van der Waals surface area contributed by atoms with E-state index >= 15 is 0 Å². The van der Waals surface area contributed by atoms with E-state index in [4.69, 9.17) is 4.74 Å². The van der Waals surface area contributed by atoms with E-state index in [1.807, 2.05) is 54.9 Å². The summed E-state index contributed by atoms with van der Waals surface area (Å²) in [6, 6.07) is 18.2. The van der Waals surface area contributed by atoms with Gasteiger partial charge in [0, 0.05) is 18.4 Å². The molecule has 0 saturated heterocycles. The molecule has 1 unspecified atom stereocenters.